The standard InChI is InChI=1S/C18H20ClN5O3/c1-10(17(25)26)6-7-24-15-8-12(4-5-14(15)23(3)18(24)27)22-16-13(19)9-20-11(2)21-16/h4-5,8-10H,6-7H2,1-3H3,(H,25,26)(H,20,21,22). The summed E-state index contributed by atoms with van der Waals surface area (Å²) >= 11 is 6.14. The highest BCUT2D eigenvalue weighted by Gasteiger charge is 2.16. The third-order valence-corrected chi connectivity index (χ3v) is 4.76. The van der Waals surface area contributed by atoms with Crippen LogP contribution in [0.3, 0.4) is 0 Å². The lowest BCUT2D eigenvalue weighted by atomic mass is 10.1. The minimum Gasteiger partial charge on any atom is -0.481 e. The van der Waals surface area contributed by atoms with Crippen LogP contribution in [0.5, 0.6) is 0 Å². The quantitative estimate of drug-likeness (QED) is 0.672. The zero-order valence-electron chi connectivity index (χ0n) is 15.2. The molecule has 3 rings (SSSR count). The van der Waals surface area contributed by atoms with Crippen LogP contribution in [0.4, 0.5) is 11.5 Å². The number of nitrogens with one attached hydrogen (secondary N) is 1. The van der Waals surface area contributed by atoms with E-state index in [4.69, 9.17) is 16.7 Å². The van der Waals surface area contributed by atoms with Crippen LogP contribution < -0.4 is 11.0 Å². The second-order valence-electron chi connectivity index (χ2n) is 6.46. The first-order valence-electron chi connectivity index (χ1n) is 8.46. The van der Waals surface area contributed by atoms with Crippen LogP contribution in [-0.4, -0.2) is 30.2 Å². The van der Waals surface area contributed by atoms with Crippen molar-refractivity contribution >= 4 is 40.1 Å². The lowest BCUT2D eigenvalue weighted by Crippen LogP contribution is -2.24. The van der Waals surface area contributed by atoms with Gasteiger partial charge in [0.05, 0.1) is 23.1 Å². The zero-order chi connectivity index (χ0) is 19.7. The molecule has 0 aliphatic carbocycles. The Morgan fingerprint density at radius 3 is 2.81 bits per heavy atom. The molecule has 0 radical (unpaired) electrons. The van der Waals surface area contributed by atoms with Gasteiger partial charge in [-0.1, -0.05) is 18.5 Å². The van der Waals surface area contributed by atoms with Gasteiger partial charge in [-0.05, 0) is 31.5 Å². The first-order chi connectivity index (χ1) is 12.8. The molecule has 2 N–H and O–H groups in total. The van der Waals surface area contributed by atoms with Crippen molar-refractivity contribution in [3.05, 3.63) is 45.7 Å². The van der Waals surface area contributed by atoms with E-state index in [9.17, 15) is 9.59 Å². The van der Waals surface area contributed by atoms with E-state index < -0.39 is 11.9 Å². The second-order valence-corrected chi connectivity index (χ2v) is 6.87. The van der Waals surface area contributed by atoms with Crippen molar-refractivity contribution in [2.45, 2.75) is 26.8 Å². The Morgan fingerprint density at radius 1 is 1.37 bits per heavy atom. The van der Waals surface area contributed by atoms with Crippen molar-refractivity contribution < 1.29 is 9.90 Å². The van der Waals surface area contributed by atoms with Gasteiger partial charge >= 0.3 is 11.7 Å². The van der Waals surface area contributed by atoms with E-state index in [2.05, 4.69) is 15.3 Å². The van der Waals surface area contributed by atoms with Gasteiger partial charge in [0.25, 0.3) is 0 Å². The van der Waals surface area contributed by atoms with Crippen LogP contribution in [0.2, 0.25) is 5.02 Å². The van der Waals surface area contributed by atoms with Crippen LogP contribution >= 0.6 is 11.6 Å². The van der Waals surface area contributed by atoms with Crippen LogP contribution in [0, 0.1) is 12.8 Å². The summed E-state index contributed by atoms with van der Waals surface area (Å²) in [6.45, 7) is 3.72. The highest BCUT2D eigenvalue weighted by atomic mass is 35.5. The van der Waals surface area contributed by atoms with Gasteiger partial charge in [0.1, 0.15) is 10.8 Å². The molecule has 2 aromatic heterocycles. The molecule has 27 heavy (non-hydrogen) atoms. The number of imidazole rings is 1. The maximum Gasteiger partial charge on any atom is 0.328 e. The van der Waals surface area contributed by atoms with E-state index in [0.717, 1.165) is 5.52 Å². The molecule has 0 aliphatic heterocycles. The van der Waals surface area contributed by atoms with E-state index in [1.807, 2.05) is 18.2 Å². The molecule has 0 aliphatic rings. The third kappa shape index (κ3) is 3.80. The van der Waals surface area contributed by atoms with Crippen molar-refractivity contribution in [2.75, 3.05) is 5.32 Å². The molecule has 3 aromatic rings. The predicted octanol–water partition coefficient (Wildman–Crippen LogP) is 2.95. The van der Waals surface area contributed by atoms with Gasteiger partial charge in [-0.3, -0.25) is 13.9 Å². The zero-order valence-corrected chi connectivity index (χ0v) is 16.0. The molecule has 1 unspecified atom stereocenters. The van der Waals surface area contributed by atoms with Crippen molar-refractivity contribution in [1.82, 2.24) is 19.1 Å². The SMILES string of the molecule is Cc1ncc(Cl)c(Nc2ccc3c(c2)n(CCC(C)C(=O)O)c(=O)n3C)n1. The van der Waals surface area contributed by atoms with Crippen LogP contribution in [0.15, 0.2) is 29.2 Å². The number of aromatic nitrogens is 4. The van der Waals surface area contributed by atoms with Crippen LogP contribution in [0.1, 0.15) is 19.2 Å². The van der Waals surface area contributed by atoms with E-state index in [-0.39, 0.29) is 5.69 Å². The molecular formula is C18H20ClN5O3. The number of anilines is 2. The Morgan fingerprint density at radius 2 is 2.11 bits per heavy atom. The number of halogens is 1. The fourth-order valence-corrected chi connectivity index (χ4v) is 2.97. The minimum atomic E-state index is -0.876. The smallest absolute Gasteiger partial charge is 0.328 e. The number of carboxylic acid groups (broad SMARTS) is 1. The maximum absolute atomic E-state index is 12.6. The number of aliphatic carboxylic acids is 1. The molecular weight excluding hydrogens is 370 g/mol. The van der Waals surface area contributed by atoms with Gasteiger partial charge < -0.3 is 10.4 Å². The summed E-state index contributed by atoms with van der Waals surface area (Å²) in [6, 6.07) is 5.49. The Labute approximate surface area is 160 Å². The van der Waals surface area contributed by atoms with Gasteiger partial charge in [-0.25, -0.2) is 14.8 Å². The third-order valence-electron chi connectivity index (χ3n) is 4.48. The van der Waals surface area contributed by atoms with E-state index in [0.29, 0.717) is 40.8 Å². The summed E-state index contributed by atoms with van der Waals surface area (Å²) in [7, 11) is 1.69. The average Bonchev–Trinajstić information content (AvgIpc) is 2.86. The van der Waals surface area contributed by atoms with Gasteiger partial charge in [0.2, 0.25) is 0 Å². The van der Waals surface area contributed by atoms with E-state index in [1.54, 1.807) is 30.0 Å². The van der Waals surface area contributed by atoms with Crippen LogP contribution in [0.25, 0.3) is 11.0 Å². The molecule has 1 aromatic carbocycles. The highest BCUT2D eigenvalue weighted by Crippen LogP contribution is 2.25. The van der Waals surface area contributed by atoms with Gasteiger partial charge in [0, 0.05) is 19.3 Å². The first kappa shape index (κ1) is 18.9. The minimum absolute atomic E-state index is 0.185. The number of carbonyl (C=O) groups is 1. The van der Waals surface area contributed by atoms with Gasteiger partial charge in [-0.15, -0.1) is 0 Å². The number of hydrogen-bond acceptors (Lipinski definition) is 5. The summed E-state index contributed by atoms with van der Waals surface area (Å²) in [5, 5.41) is 12.6. The first-order valence-corrected chi connectivity index (χ1v) is 8.84. The Bertz CT molecular complexity index is 1070. The van der Waals surface area contributed by atoms with Crippen molar-refractivity contribution in [3.8, 4) is 0 Å². The molecule has 1 atom stereocenters. The number of hydrogen-bond donors (Lipinski definition) is 2. The van der Waals surface area contributed by atoms with E-state index in [1.165, 1.54) is 6.20 Å². The molecule has 0 saturated carbocycles. The Kier molecular flexibility index (Phi) is 5.18. The molecule has 2 heterocycles. The highest BCUT2D eigenvalue weighted by molar-refractivity contribution is 6.32. The summed E-state index contributed by atoms with van der Waals surface area (Å²) in [6.07, 6.45) is 1.89. The number of carboxylic acids is 1. The lowest BCUT2D eigenvalue weighted by Gasteiger charge is -2.10. The topological polar surface area (TPSA) is 102 Å². The van der Waals surface area contributed by atoms with Crippen molar-refractivity contribution in [2.24, 2.45) is 13.0 Å². The summed E-state index contributed by atoms with van der Waals surface area (Å²) in [5.41, 5.74) is 2.01. The van der Waals surface area contributed by atoms with Gasteiger partial charge in [0.15, 0.2) is 5.82 Å². The van der Waals surface area contributed by atoms with Crippen molar-refractivity contribution in [1.29, 1.82) is 0 Å². The fourth-order valence-electron chi connectivity index (χ4n) is 2.83. The predicted molar refractivity (Wildman–Crippen MR) is 104 cm³/mol. The molecule has 9 heteroatoms. The summed E-state index contributed by atoms with van der Waals surface area (Å²) < 4.78 is 3.14. The van der Waals surface area contributed by atoms with Crippen LogP contribution in [-0.2, 0) is 18.4 Å². The lowest BCUT2D eigenvalue weighted by molar-refractivity contribution is -0.141. The molecule has 142 valence electrons. The second kappa shape index (κ2) is 7.40. The number of aryl methyl sites for hydroxylation is 3. The number of benzene rings is 1. The molecule has 0 bridgehead atoms. The molecule has 0 saturated heterocycles. The monoisotopic (exact) mass is 389 g/mol. The average molecular weight is 390 g/mol. The Balaban J connectivity index is 1.98. The molecule has 8 nitrogen and oxygen atoms in total. The normalized spacial score (nSPS) is 12.3. The Hall–Kier alpha value is -2.87. The number of nitrogens with zero attached hydrogens (tertiary/aromatic N) is 4. The summed E-state index contributed by atoms with van der Waals surface area (Å²) in [4.78, 5) is 31.9. The molecule has 0 spiro atoms. The molecule has 0 fully saturated rings. The fraction of sp³-hybridized carbons (Fsp3) is 0.333. The largest absolute Gasteiger partial charge is 0.481 e. The molecule has 0 amide bonds. The van der Waals surface area contributed by atoms with E-state index >= 15 is 0 Å². The summed E-state index contributed by atoms with van der Waals surface area (Å²) in [5.74, 6) is -0.342. The number of rotatable bonds is 6. The number of fused-ring (bicyclic) bond motifs is 1. The van der Waals surface area contributed by atoms with Crippen molar-refractivity contribution in [3.63, 3.8) is 0 Å². The maximum atomic E-state index is 12.6. The van der Waals surface area contributed by atoms with Gasteiger partial charge in [-0.2, -0.15) is 0 Å².